The second-order valence-corrected chi connectivity index (χ2v) is 32.3. The summed E-state index contributed by atoms with van der Waals surface area (Å²) in [6, 6.07) is 0. The van der Waals surface area contributed by atoms with Crippen molar-refractivity contribution in [1.82, 2.24) is 0 Å². The molecule has 0 heterocycles. The Hall–Kier alpha value is -1.94. The van der Waals surface area contributed by atoms with Gasteiger partial charge in [0.2, 0.25) is 0 Å². The molecule has 0 radical (unpaired) electrons. The highest BCUT2D eigenvalue weighted by Gasteiger charge is 2.30. The lowest BCUT2D eigenvalue weighted by Gasteiger charge is -2.21. The third-order valence-electron chi connectivity index (χ3n) is 18.5. The summed E-state index contributed by atoms with van der Waals surface area (Å²) >= 11 is 0. The van der Waals surface area contributed by atoms with E-state index in [-0.39, 0.29) is 25.7 Å². The predicted molar refractivity (Wildman–Crippen MR) is 400 cm³/mol. The van der Waals surface area contributed by atoms with Crippen LogP contribution in [0.15, 0.2) is 0 Å². The van der Waals surface area contributed by atoms with E-state index in [1.54, 1.807) is 0 Å². The Morgan fingerprint density at radius 1 is 0.276 bits per heavy atom. The van der Waals surface area contributed by atoms with Gasteiger partial charge in [-0.3, -0.25) is 37.3 Å². The van der Waals surface area contributed by atoms with Crippen molar-refractivity contribution >= 4 is 39.5 Å². The van der Waals surface area contributed by atoms with E-state index in [9.17, 15) is 43.2 Å². The van der Waals surface area contributed by atoms with Crippen LogP contribution in [0.1, 0.15) is 414 Å². The van der Waals surface area contributed by atoms with Crippen molar-refractivity contribution < 1.29 is 80.2 Å². The first kappa shape index (κ1) is 96.1. The van der Waals surface area contributed by atoms with Gasteiger partial charge in [0.1, 0.15) is 19.3 Å². The number of aliphatic hydroxyl groups is 1. The SMILES string of the molecule is CCCCCCCCCCCCCCCCCCCCCCCC(=O)O[C@H](COC(=O)CCCCCCCCCCCCCCC(C)C)COP(=O)(O)OC[C@@H](O)COP(=O)(O)OC[C@@H](COC(=O)CCCCCCCCCCCCC)OC(=O)CCCCCCCCCCC(C)C. The third-order valence-corrected chi connectivity index (χ3v) is 20.4. The minimum absolute atomic E-state index is 0.105. The van der Waals surface area contributed by atoms with Gasteiger partial charge in [0.15, 0.2) is 12.2 Å². The second-order valence-electron chi connectivity index (χ2n) is 29.4. The van der Waals surface area contributed by atoms with Crippen molar-refractivity contribution in [3.63, 3.8) is 0 Å². The molecule has 0 amide bonds. The average molecular weight is 1440 g/mol. The molecule has 0 aliphatic heterocycles. The van der Waals surface area contributed by atoms with Gasteiger partial charge in [-0.25, -0.2) is 9.13 Å². The molecule has 0 aromatic heterocycles. The van der Waals surface area contributed by atoms with Gasteiger partial charge < -0.3 is 33.8 Å². The first-order chi connectivity index (χ1) is 47.4. The molecule has 17 nitrogen and oxygen atoms in total. The third kappa shape index (κ3) is 72.4. The molecule has 0 fully saturated rings. The zero-order valence-corrected chi connectivity index (χ0v) is 65.9. The fourth-order valence-corrected chi connectivity index (χ4v) is 13.8. The van der Waals surface area contributed by atoms with Crippen molar-refractivity contribution in [2.45, 2.75) is 432 Å². The van der Waals surface area contributed by atoms with Gasteiger partial charge in [-0.1, -0.05) is 363 Å². The van der Waals surface area contributed by atoms with Gasteiger partial charge in [-0.05, 0) is 37.5 Å². The lowest BCUT2D eigenvalue weighted by atomic mass is 10.0. The molecule has 5 atom stereocenters. The van der Waals surface area contributed by atoms with Crippen LogP contribution < -0.4 is 0 Å². The minimum Gasteiger partial charge on any atom is -0.462 e. The lowest BCUT2D eigenvalue weighted by Crippen LogP contribution is -2.30. The molecule has 0 aliphatic rings. The van der Waals surface area contributed by atoms with Crippen LogP contribution in [0.4, 0.5) is 0 Å². The summed E-state index contributed by atoms with van der Waals surface area (Å²) in [5.74, 6) is -0.613. The van der Waals surface area contributed by atoms with Crippen LogP contribution in [-0.2, 0) is 65.4 Å². The summed E-state index contributed by atoms with van der Waals surface area (Å²) in [7, 11) is -9.91. The Labute approximate surface area is 600 Å². The molecular weight excluding hydrogens is 1280 g/mol. The molecule has 0 aromatic rings. The smallest absolute Gasteiger partial charge is 0.462 e. The van der Waals surface area contributed by atoms with Crippen LogP contribution in [0.2, 0.25) is 0 Å². The van der Waals surface area contributed by atoms with Crippen LogP contribution >= 0.6 is 15.6 Å². The van der Waals surface area contributed by atoms with Gasteiger partial charge in [-0.2, -0.15) is 0 Å². The normalized spacial score (nSPS) is 13.9. The summed E-state index contributed by atoms with van der Waals surface area (Å²) < 4.78 is 68.6. The summed E-state index contributed by atoms with van der Waals surface area (Å²) in [6.07, 6.45) is 59.8. The molecule has 19 heteroatoms. The van der Waals surface area contributed by atoms with E-state index in [2.05, 4.69) is 41.5 Å². The molecule has 0 spiro atoms. The molecule has 0 saturated heterocycles. The quantitative estimate of drug-likeness (QED) is 0.0222. The Morgan fingerprint density at radius 3 is 0.694 bits per heavy atom. The van der Waals surface area contributed by atoms with Crippen molar-refractivity contribution in [3.8, 4) is 0 Å². The summed E-state index contributed by atoms with van der Waals surface area (Å²) in [5.41, 5.74) is 0. The number of ether oxygens (including phenoxy) is 4. The van der Waals surface area contributed by atoms with Crippen LogP contribution in [0.5, 0.6) is 0 Å². The molecule has 582 valence electrons. The molecule has 0 rings (SSSR count). The molecular formula is C79H154O17P2. The number of carbonyl (C=O) groups is 4. The van der Waals surface area contributed by atoms with Crippen molar-refractivity contribution in [1.29, 1.82) is 0 Å². The number of phosphoric acid groups is 2. The van der Waals surface area contributed by atoms with Crippen LogP contribution in [-0.4, -0.2) is 96.7 Å². The number of hydrogen-bond acceptors (Lipinski definition) is 15. The fourth-order valence-electron chi connectivity index (χ4n) is 12.2. The lowest BCUT2D eigenvalue weighted by molar-refractivity contribution is -0.161. The van der Waals surface area contributed by atoms with Gasteiger partial charge in [-0.15, -0.1) is 0 Å². The standard InChI is InChI=1S/C79H154O17P2/c1-7-9-11-13-15-17-19-20-21-22-23-24-25-26-27-28-34-38-45-51-57-63-78(83)95-74(67-90-77(82)62-56-50-44-37-33-30-29-32-35-41-47-53-59-71(3)4)69-93-97(85,86)91-65-73(80)66-92-98(87,88)94-70-75(96-79(84)64-58-52-46-40-39-42-48-54-60-72(5)6)68-89-76(81)61-55-49-43-36-31-18-16-14-12-10-8-2/h71-75,80H,7-70H2,1-6H3,(H,85,86)(H,87,88)/t73-,74-,75-/m1/s1. The zero-order valence-electron chi connectivity index (χ0n) is 64.1. The number of phosphoric ester groups is 2. The van der Waals surface area contributed by atoms with E-state index in [0.717, 1.165) is 102 Å². The maximum atomic E-state index is 13.1. The largest absolute Gasteiger partial charge is 0.472 e. The summed E-state index contributed by atoms with van der Waals surface area (Å²) in [6.45, 7) is 9.58. The van der Waals surface area contributed by atoms with E-state index in [0.29, 0.717) is 25.7 Å². The maximum absolute atomic E-state index is 13.1. The maximum Gasteiger partial charge on any atom is 0.472 e. The highest BCUT2D eigenvalue weighted by molar-refractivity contribution is 7.47. The Bertz CT molecular complexity index is 1890. The summed E-state index contributed by atoms with van der Waals surface area (Å²) in [5, 5.41) is 10.6. The van der Waals surface area contributed by atoms with E-state index in [1.165, 1.54) is 231 Å². The zero-order chi connectivity index (χ0) is 72.1. The fraction of sp³-hybridized carbons (Fsp3) is 0.949. The van der Waals surface area contributed by atoms with Gasteiger partial charge in [0.05, 0.1) is 26.4 Å². The highest BCUT2D eigenvalue weighted by atomic mass is 31.2. The predicted octanol–water partition coefficient (Wildman–Crippen LogP) is 23.5. The number of carbonyl (C=O) groups excluding carboxylic acids is 4. The van der Waals surface area contributed by atoms with Crippen molar-refractivity contribution in [3.05, 3.63) is 0 Å². The Morgan fingerprint density at radius 2 is 0.469 bits per heavy atom. The van der Waals surface area contributed by atoms with Crippen molar-refractivity contribution in [2.24, 2.45) is 11.8 Å². The topological polar surface area (TPSA) is 237 Å². The first-order valence-electron chi connectivity index (χ1n) is 41.0. The van der Waals surface area contributed by atoms with Gasteiger partial charge in [0, 0.05) is 25.7 Å². The monoisotopic (exact) mass is 1440 g/mol. The molecule has 0 aromatic carbocycles. The highest BCUT2D eigenvalue weighted by Crippen LogP contribution is 2.45. The van der Waals surface area contributed by atoms with E-state index in [4.69, 9.17) is 37.0 Å². The number of aliphatic hydroxyl groups excluding tert-OH is 1. The van der Waals surface area contributed by atoms with Gasteiger partial charge in [0.25, 0.3) is 0 Å². The number of esters is 4. The molecule has 0 aliphatic carbocycles. The molecule has 3 N–H and O–H groups in total. The van der Waals surface area contributed by atoms with Crippen LogP contribution in [0, 0.1) is 11.8 Å². The molecule has 98 heavy (non-hydrogen) atoms. The van der Waals surface area contributed by atoms with Crippen molar-refractivity contribution in [2.75, 3.05) is 39.6 Å². The minimum atomic E-state index is -4.96. The van der Waals surface area contributed by atoms with Crippen LogP contribution in [0.3, 0.4) is 0 Å². The van der Waals surface area contributed by atoms with E-state index >= 15 is 0 Å². The number of hydrogen-bond donors (Lipinski definition) is 3. The van der Waals surface area contributed by atoms with Gasteiger partial charge >= 0.3 is 39.5 Å². The molecule has 2 unspecified atom stereocenters. The number of unbranched alkanes of at least 4 members (excludes halogenated alkanes) is 48. The summed E-state index contributed by atoms with van der Waals surface area (Å²) in [4.78, 5) is 72.9. The van der Waals surface area contributed by atoms with E-state index in [1.807, 2.05) is 0 Å². The molecule has 0 saturated carbocycles. The van der Waals surface area contributed by atoms with E-state index < -0.39 is 97.5 Å². The second kappa shape index (κ2) is 70.7. The molecule has 0 bridgehead atoms. The average Bonchev–Trinajstić information content (AvgIpc) is 1.01. The Balaban J connectivity index is 5.21. The van der Waals surface area contributed by atoms with Crippen LogP contribution in [0.25, 0.3) is 0 Å². The first-order valence-corrected chi connectivity index (χ1v) is 44.0. The Kier molecular flexibility index (Phi) is 69.3. The number of rotatable bonds is 78.